The molecule has 126 valence electrons. The van der Waals surface area contributed by atoms with E-state index in [0.29, 0.717) is 12.0 Å². The van der Waals surface area contributed by atoms with Gasteiger partial charge in [-0.2, -0.15) is 0 Å². The van der Waals surface area contributed by atoms with Crippen LogP contribution in [-0.2, 0) is 24.8 Å². The summed E-state index contributed by atoms with van der Waals surface area (Å²) in [6.45, 7) is 1.35. The predicted octanol–water partition coefficient (Wildman–Crippen LogP) is 1.11. The Morgan fingerprint density at radius 1 is 1.26 bits per heavy atom. The molecule has 1 atom stereocenters. The number of carboxylic acid groups (broad SMARTS) is 1. The van der Waals surface area contributed by atoms with E-state index < -0.39 is 31.9 Å². The number of amides is 1. The number of hydrogen-bond donors (Lipinski definition) is 2. The second kappa shape index (κ2) is 5.96. The van der Waals surface area contributed by atoms with E-state index in [1.807, 2.05) is 0 Å². The zero-order chi connectivity index (χ0) is 17.3. The maximum absolute atomic E-state index is 12.4. The molecule has 0 heterocycles. The summed E-state index contributed by atoms with van der Waals surface area (Å²) in [7, 11) is -3.54. The van der Waals surface area contributed by atoms with Crippen molar-refractivity contribution in [2.24, 2.45) is 0 Å². The van der Waals surface area contributed by atoms with Crippen LogP contribution in [0.4, 0.5) is 0 Å². The molecule has 0 aromatic heterocycles. The number of nitrogens with one attached hydrogen (secondary N) is 1. The van der Waals surface area contributed by atoms with E-state index in [1.54, 1.807) is 30.3 Å². The maximum atomic E-state index is 12.4. The van der Waals surface area contributed by atoms with E-state index in [9.17, 15) is 23.1 Å². The summed E-state index contributed by atoms with van der Waals surface area (Å²) >= 11 is 0. The predicted molar refractivity (Wildman–Crippen MR) is 85.9 cm³/mol. The summed E-state index contributed by atoms with van der Waals surface area (Å²) in [4.78, 5) is 24.1. The zero-order valence-corrected chi connectivity index (χ0v) is 14.0. The smallest absolute Gasteiger partial charge is 0.315 e. The van der Waals surface area contributed by atoms with E-state index in [4.69, 9.17) is 0 Å². The van der Waals surface area contributed by atoms with E-state index >= 15 is 0 Å². The van der Waals surface area contributed by atoms with Crippen molar-refractivity contribution in [1.29, 1.82) is 0 Å². The molecule has 0 spiro atoms. The van der Waals surface area contributed by atoms with E-state index in [0.717, 1.165) is 6.26 Å². The molecule has 23 heavy (non-hydrogen) atoms. The van der Waals surface area contributed by atoms with Gasteiger partial charge in [0, 0.05) is 12.8 Å². The number of carbonyl (C=O) groups excluding carboxylic acids is 1. The SMILES string of the molecule is CC(CNC(=O)C1(S(C)(=O)=O)CCC1)(C(=O)O)c1ccccc1. The number of benzene rings is 1. The first-order valence-electron chi connectivity index (χ1n) is 7.40. The van der Waals surface area contributed by atoms with Gasteiger partial charge in [-0.15, -0.1) is 0 Å². The number of carboxylic acids is 1. The van der Waals surface area contributed by atoms with Crippen molar-refractivity contribution in [3.8, 4) is 0 Å². The number of rotatable bonds is 6. The highest BCUT2D eigenvalue weighted by Gasteiger charge is 2.53. The molecule has 2 rings (SSSR count). The topological polar surface area (TPSA) is 101 Å². The van der Waals surface area contributed by atoms with Crippen molar-refractivity contribution in [2.45, 2.75) is 36.3 Å². The molecule has 7 heteroatoms. The number of hydrogen-bond acceptors (Lipinski definition) is 4. The molecule has 1 aliphatic carbocycles. The Hall–Kier alpha value is -1.89. The zero-order valence-electron chi connectivity index (χ0n) is 13.2. The Kier molecular flexibility index (Phi) is 4.52. The van der Waals surface area contributed by atoms with Crippen LogP contribution in [-0.4, -0.2) is 42.9 Å². The third-order valence-corrected chi connectivity index (χ3v) is 6.78. The van der Waals surface area contributed by atoms with Gasteiger partial charge in [0.25, 0.3) is 0 Å². The third-order valence-electron chi connectivity index (χ3n) is 4.77. The second-order valence-corrected chi connectivity index (χ2v) is 8.63. The van der Waals surface area contributed by atoms with Gasteiger partial charge in [0.15, 0.2) is 9.84 Å². The molecule has 0 bridgehead atoms. The molecule has 1 aromatic carbocycles. The minimum absolute atomic E-state index is 0.164. The summed E-state index contributed by atoms with van der Waals surface area (Å²) in [6.07, 6.45) is 2.30. The van der Waals surface area contributed by atoms with Crippen molar-refractivity contribution in [2.75, 3.05) is 12.8 Å². The monoisotopic (exact) mass is 339 g/mol. The minimum Gasteiger partial charge on any atom is -0.481 e. The van der Waals surface area contributed by atoms with Crippen LogP contribution < -0.4 is 5.32 Å². The molecular formula is C16H21NO5S. The molecule has 1 fully saturated rings. The lowest BCUT2D eigenvalue weighted by atomic mass is 9.80. The van der Waals surface area contributed by atoms with Gasteiger partial charge in [0.2, 0.25) is 5.91 Å². The minimum atomic E-state index is -3.54. The highest BCUT2D eigenvalue weighted by atomic mass is 32.2. The summed E-state index contributed by atoms with van der Waals surface area (Å²) in [6, 6.07) is 8.58. The van der Waals surface area contributed by atoms with Crippen molar-refractivity contribution in [3.63, 3.8) is 0 Å². The van der Waals surface area contributed by atoms with Gasteiger partial charge in [-0.3, -0.25) is 9.59 Å². The Bertz CT molecular complexity index is 709. The van der Waals surface area contributed by atoms with Gasteiger partial charge < -0.3 is 10.4 Å². The lowest BCUT2D eigenvalue weighted by molar-refractivity contribution is -0.143. The van der Waals surface area contributed by atoms with E-state index in [-0.39, 0.29) is 19.4 Å². The first-order chi connectivity index (χ1) is 10.6. The fourth-order valence-corrected chi connectivity index (χ4v) is 4.23. The van der Waals surface area contributed by atoms with Crippen LogP contribution in [0.1, 0.15) is 31.7 Å². The third kappa shape index (κ3) is 2.97. The maximum Gasteiger partial charge on any atom is 0.315 e. The summed E-state index contributed by atoms with van der Waals surface area (Å²) < 4.78 is 22.5. The van der Waals surface area contributed by atoms with Crippen molar-refractivity contribution in [3.05, 3.63) is 35.9 Å². The van der Waals surface area contributed by atoms with E-state index in [1.165, 1.54) is 6.92 Å². The van der Waals surface area contributed by atoms with Crippen LogP contribution in [0.15, 0.2) is 30.3 Å². The highest BCUT2D eigenvalue weighted by molar-refractivity contribution is 7.93. The number of sulfone groups is 1. The highest BCUT2D eigenvalue weighted by Crippen LogP contribution is 2.39. The second-order valence-electron chi connectivity index (χ2n) is 6.31. The van der Waals surface area contributed by atoms with Gasteiger partial charge in [0.05, 0.1) is 0 Å². The van der Waals surface area contributed by atoms with Crippen LogP contribution in [0, 0.1) is 0 Å². The quantitative estimate of drug-likeness (QED) is 0.809. The molecule has 1 aromatic rings. The van der Waals surface area contributed by atoms with Crippen LogP contribution in [0.2, 0.25) is 0 Å². The fraction of sp³-hybridized carbons (Fsp3) is 0.500. The first-order valence-corrected chi connectivity index (χ1v) is 9.29. The van der Waals surface area contributed by atoms with Crippen molar-refractivity contribution < 1.29 is 23.1 Å². The largest absolute Gasteiger partial charge is 0.481 e. The standard InChI is InChI=1S/C16H21NO5S/c1-15(14(19)20,12-7-4-3-5-8-12)11-17-13(18)16(9-6-10-16)23(2,21)22/h3-5,7-8H,6,9-11H2,1-2H3,(H,17,18)(H,19,20). The fourth-order valence-electron chi connectivity index (χ4n) is 2.79. The molecule has 6 nitrogen and oxygen atoms in total. The van der Waals surface area contributed by atoms with Crippen molar-refractivity contribution in [1.82, 2.24) is 5.32 Å². The average Bonchev–Trinajstić information content (AvgIpc) is 2.42. The Morgan fingerprint density at radius 2 is 1.83 bits per heavy atom. The average molecular weight is 339 g/mol. The summed E-state index contributed by atoms with van der Waals surface area (Å²) in [5.41, 5.74) is -0.769. The Labute approximate surface area is 135 Å². The number of aliphatic carboxylic acids is 1. The van der Waals surface area contributed by atoms with Gasteiger partial charge in [-0.25, -0.2) is 8.42 Å². The Morgan fingerprint density at radius 3 is 2.22 bits per heavy atom. The summed E-state index contributed by atoms with van der Waals surface area (Å²) in [5, 5.41) is 12.1. The molecule has 2 N–H and O–H groups in total. The van der Waals surface area contributed by atoms with E-state index in [2.05, 4.69) is 5.32 Å². The van der Waals surface area contributed by atoms with Crippen LogP contribution in [0.25, 0.3) is 0 Å². The first kappa shape index (κ1) is 17.5. The molecule has 1 aliphatic rings. The lowest BCUT2D eigenvalue weighted by Crippen LogP contribution is -2.58. The summed E-state index contributed by atoms with van der Waals surface area (Å²) in [5.74, 6) is -1.68. The molecule has 1 unspecified atom stereocenters. The van der Waals surface area contributed by atoms with Crippen LogP contribution >= 0.6 is 0 Å². The van der Waals surface area contributed by atoms with Gasteiger partial charge in [0.1, 0.15) is 10.2 Å². The normalized spacial score (nSPS) is 19.2. The molecule has 1 amide bonds. The Balaban J connectivity index is 2.20. The lowest BCUT2D eigenvalue weighted by Gasteiger charge is -2.39. The van der Waals surface area contributed by atoms with Gasteiger partial charge in [-0.05, 0) is 31.7 Å². The molecular weight excluding hydrogens is 318 g/mol. The van der Waals surface area contributed by atoms with Gasteiger partial charge in [-0.1, -0.05) is 30.3 Å². The molecule has 0 aliphatic heterocycles. The van der Waals surface area contributed by atoms with Crippen LogP contribution in [0.3, 0.4) is 0 Å². The van der Waals surface area contributed by atoms with Crippen LogP contribution in [0.5, 0.6) is 0 Å². The number of carbonyl (C=O) groups is 2. The molecule has 0 radical (unpaired) electrons. The molecule has 0 saturated heterocycles. The van der Waals surface area contributed by atoms with Gasteiger partial charge >= 0.3 is 5.97 Å². The molecule has 1 saturated carbocycles. The van der Waals surface area contributed by atoms with Crippen molar-refractivity contribution >= 4 is 21.7 Å².